The van der Waals surface area contributed by atoms with Crippen molar-refractivity contribution in [2.24, 2.45) is 5.10 Å². The number of fused-ring (bicyclic) bond motifs is 2. The normalized spacial score (nSPS) is 11.5. The van der Waals surface area contributed by atoms with E-state index in [1.165, 1.54) is 4.68 Å². The zero-order valence-corrected chi connectivity index (χ0v) is 20.6. The predicted octanol–water partition coefficient (Wildman–Crippen LogP) is 5.70. The Bertz CT molecular complexity index is 1600. The second-order valence-electron chi connectivity index (χ2n) is 7.42. The molecule has 2 heterocycles. The first-order valence-electron chi connectivity index (χ1n) is 10.6. The molecule has 0 spiro atoms. The average molecular weight is 565 g/mol. The van der Waals surface area contributed by atoms with Crippen molar-refractivity contribution in [2.75, 3.05) is 13.7 Å². The maximum atomic E-state index is 13.4. The highest BCUT2D eigenvalue weighted by atomic mass is 127. The van der Waals surface area contributed by atoms with Crippen LogP contribution in [0.4, 0.5) is 0 Å². The van der Waals surface area contributed by atoms with E-state index in [2.05, 4.69) is 27.7 Å². The van der Waals surface area contributed by atoms with Crippen LogP contribution in [0.25, 0.3) is 33.5 Å². The topological polar surface area (TPSA) is 78.8 Å². The van der Waals surface area contributed by atoms with Crippen molar-refractivity contribution in [3.8, 4) is 23.1 Å². The van der Waals surface area contributed by atoms with Gasteiger partial charge >= 0.3 is 0 Å². The van der Waals surface area contributed by atoms with Crippen LogP contribution in [-0.4, -0.2) is 29.6 Å². The Hall–Kier alpha value is -3.66. The van der Waals surface area contributed by atoms with Gasteiger partial charge in [-0.2, -0.15) is 9.78 Å². The van der Waals surface area contributed by atoms with Gasteiger partial charge in [0.15, 0.2) is 5.76 Å². The van der Waals surface area contributed by atoms with E-state index in [1.807, 2.05) is 55.5 Å². The minimum atomic E-state index is -0.287. The largest absolute Gasteiger partial charge is 0.496 e. The Morgan fingerprint density at radius 3 is 2.71 bits per heavy atom. The molecule has 0 aliphatic carbocycles. The fourth-order valence-electron chi connectivity index (χ4n) is 3.71. The van der Waals surface area contributed by atoms with E-state index in [4.69, 9.17) is 18.9 Å². The molecule has 8 heteroatoms. The first-order valence-corrected chi connectivity index (χ1v) is 11.7. The van der Waals surface area contributed by atoms with Crippen LogP contribution >= 0.6 is 22.6 Å². The Labute approximate surface area is 208 Å². The van der Waals surface area contributed by atoms with Crippen LogP contribution in [0.3, 0.4) is 0 Å². The third-order valence-corrected chi connectivity index (χ3v) is 6.14. The third-order valence-electron chi connectivity index (χ3n) is 5.29. The molecule has 7 nitrogen and oxygen atoms in total. The number of halogens is 1. The van der Waals surface area contributed by atoms with E-state index >= 15 is 0 Å². The second-order valence-corrected chi connectivity index (χ2v) is 8.58. The second kappa shape index (κ2) is 9.30. The number of hydrogen-bond donors (Lipinski definition) is 0. The number of aromatic nitrogens is 2. The summed E-state index contributed by atoms with van der Waals surface area (Å²) in [6.07, 6.45) is 1.63. The summed E-state index contributed by atoms with van der Waals surface area (Å²) in [7, 11) is 1.61. The fourth-order valence-corrected chi connectivity index (χ4v) is 4.40. The van der Waals surface area contributed by atoms with Gasteiger partial charge < -0.3 is 13.9 Å². The van der Waals surface area contributed by atoms with Gasteiger partial charge in [0.1, 0.15) is 17.1 Å². The molecule has 5 rings (SSSR count). The SMILES string of the molecule is CCOc1ccc(C=Nn2c(-c3cc4c(OC)cccc4o3)nc3ccccc3c2=O)cc1I. The van der Waals surface area contributed by atoms with Crippen LogP contribution in [-0.2, 0) is 0 Å². The van der Waals surface area contributed by atoms with Crippen LogP contribution in [0.15, 0.2) is 81.0 Å². The van der Waals surface area contributed by atoms with Gasteiger partial charge in [-0.1, -0.05) is 18.2 Å². The number of hydrogen-bond acceptors (Lipinski definition) is 6. The molecule has 0 unspecified atom stereocenters. The van der Waals surface area contributed by atoms with Gasteiger partial charge in [-0.15, -0.1) is 0 Å². The van der Waals surface area contributed by atoms with E-state index in [9.17, 15) is 4.79 Å². The van der Waals surface area contributed by atoms with Crippen LogP contribution in [0.5, 0.6) is 11.5 Å². The molecule has 0 aliphatic rings. The molecule has 0 saturated carbocycles. The standard InChI is InChI=1S/C26H20IN3O4/c1-3-33-23-12-11-16(13-19(23)27)15-28-30-25(29-20-8-5-4-7-17(20)26(30)31)24-14-18-21(32-2)9-6-10-22(18)34-24/h4-15H,3H2,1-2H3. The molecule has 0 N–H and O–H groups in total. The molecule has 0 saturated heterocycles. The highest BCUT2D eigenvalue weighted by molar-refractivity contribution is 14.1. The molecule has 34 heavy (non-hydrogen) atoms. The maximum absolute atomic E-state index is 13.4. The Morgan fingerprint density at radius 1 is 1.06 bits per heavy atom. The summed E-state index contributed by atoms with van der Waals surface area (Å²) in [6.45, 7) is 2.53. The van der Waals surface area contributed by atoms with E-state index < -0.39 is 0 Å². The molecular formula is C26H20IN3O4. The zero-order chi connectivity index (χ0) is 23.7. The van der Waals surface area contributed by atoms with Gasteiger partial charge in [0.2, 0.25) is 5.82 Å². The molecule has 0 radical (unpaired) electrons. The van der Waals surface area contributed by atoms with Gasteiger partial charge in [0.05, 0.1) is 39.8 Å². The van der Waals surface area contributed by atoms with E-state index in [0.717, 1.165) is 20.3 Å². The van der Waals surface area contributed by atoms with Crippen molar-refractivity contribution in [3.63, 3.8) is 0 Å². The molecule has 0 bridgehead atoms. The first kappa shape index (κ1) is 22.1. The molecule has 0 aliphatic heterocycles. The number of nitrogens with zero attached hydrogens (tertiary/aromatic N) is 3. The Kier molecular flexibility index (Phi) is 6.06. The highest BCUT2D eigenvalue weighted by Crippen LogP contribution is 2.33. The summed E-state index contributed by atoms with van der Waals surface area (Å²) < 4.78 is 19.4. The molecular weight excluding hydrogens is 545 g/mol. The summed E-state index contributed by atoms with van der Waals surface area (Å²) in [5.74, 6) is 2.20. The van der Waals surface area contributed by atoms with Gasteiger partial charge in [0, 0.05) is 0 Å². The lowest BCUT2D eigenvalue weighted by Gasteiger charge is -2.08. The molecule has 5 aromatic rings. The van der Waals surface area contributed by atoms with Crippen molar-refractivity contribution < 1.29 is 13.9 Å². The molecule has 170 valence electrons. The van der Waals surface area contributed by atoms with Gasteiger partial charge in [-0.05, 0) is 83.6 Å². The quantitative estimate of drug-likeness (QED) is 0.195. The van der Waals surface area contributed by atoms with Gasteiger partial charge in [-0.25, -0.2) is 4.98 Å². The van der Waals surface area contributed by atoms with Gasteiger partial charge in [0.25, 0.3) is 5.56 Å². The van der Waals surface area contributed by atoms with Gasteiger partial charge in [-0.3, -0.25) is 4.79 Å². The third kappa shape index (κ3) is 4.05. The molecule has 3 aromatic carbocycles. The summed E-state index contributed by atoms with van der Waals surface area (Å²) in [5, 5.41) is 5.77. The minimum Gasteiger partial charge on any atom is -0.496 e. The number of benzene rings is 3. The lowest BCUT2D eigenvalue weighted by Crippen LogP contribution is -2.20. The highest BCUT2D eigenvalue weighted by Gasteiger charge is 2.17. The number of rotatable bonds is 6. The van der Waals surface area contributed by atoms with Crippen LogP contribution in [0, 0.1) is 3.57 Å². The van der Waals surface area contributed by atoms with Crippen molar-refractivity contribution in [1.29, 1.82) is 0 Å². The molecule has 0 atom stereocenters. The van der Waals surface area contributed by atoms with E-state index in [-0.39, 0.29) is 5.56 Å². The Morgan fingerprint density at radius 2 is 1.91 bits per heavy atom. The lowest BCUT2D eigenvalue weighted by atomic mass is 10.2. The van der Waals surface area contributed by atoms with Crippen molar-refractivity contribution in [2.45, 2.75) is 6.92 Å². The van der Waals surface area contributed by atoms with Crippen molar-refractivity contribution >= 4 is 50.7 Å². The number of furan rings is 1. The summed E-state index contributed by atoms with van der Waals surface area (Å²) in [4.78, 5) is 18.1. The average Bonchev–Trinajstić information content (AvgIpc) is 3.29. The number of methoxy groups -OCH3 is 1. The molecule has 2 aromatic heterocycles. The Balaban J connectivity index is 1.68. The summed E-state index contributed by atoms with van der Waals surface area (Å²) >= 11 is 2.22. The fraction of sp³-hybridized carbons (Fsp3) is 0.115. The van der Waals surface area contributed by atoms with Crippen molar-refractivity contribution in [1.82, 2.24) is 9.66 Å². The van der Waals surface area contributed by atoms with Crippen LogP contribution in [0.1, 0.15) is 12.5 Å². The predicted molar refractivity (Wildman–Crippen MR) is 141 cm³/mol. The smallest absolute Gasteiger partial charge is 0.282 e. The van der Waals surface area contributed by atoms with E-state index in [1.54, 1.807) is 31.5 Å². The summed E-state index contributed by atoms with van der Waals surface area (Å²) in [5.41, 5.74) is 1.74. The lowest BCUT2D eigenvalue weighted by molar-refractivity contribution is 0.338. The number of para-hydroxylation sites is 1. The first-order chi connectivity index (χ1) is 16.6. The summed E-state index contributed by atoms with van der Waals surface area (Å²) in [6, 6.07) is 20.3. The maximum Gasteiger partial charge on any atom is 0.282 e. The molecule has 0 amide bonds. The zero-order valence-electron chi connectivity index (χ0n) is 18.5. The monoisotopic (exact) mass is 565 g/mol. The van der Waals surface area contributed by atoms with E-state index in [0.29, 0.717) is 40.4 Å². The molecule has 0 fully saturated rings. The number of ether oxygens (including phenoxy) is 2. The van der Waals surface area contributed by atoms with Crippen LogP contribution < -0.4 is 15.0 Å². The minimum absolute atomic E-state index is 0.287. The van der Waals surface area contributed by atoms with Crippen molar-refractivity contribution in [3.05, 3.63) is 86.2 Å². The van der Waals surface area contributed by atoms with Crippen LogP contribution in [0.2, 0.25) is 0 Å².